The molecule has 0 radical (unpaired) electrons. The van der Waals surface area contributed by atoms with Crippen molar-refractivity contribution in [2.45, 2.75) is 19.9 Å². The van der Waals surface area contributed by atoms with Gasteiger partial charge in [-0.25, -0.2) is 0 Å². The largest absolute Gasteiger partial charge is 0.324 e. The van der Waals surface area contributed by atoms with Gasteiger partial charge in [0.25, 0.3) is 0 Å². The molecule has 1 atom stereocenters. The Morgan fingerprint density at radius 3 is 2.76 bits per heavy atom. The third kappa shape index (κ3) is 3.30. The second-order valence-electron chi connectivity index (χ2n) is 3.90. The van der Waals surface area contributed by atoms with E-state index in [1.807, 2.05) is 25.8 Å². The van der Waals surface area contributed by atoms with Crippen molar-refractivity contribution in [2.75, 3.05) is 18.9 Å². The monoisotopic (exact) mass is 231 g/mol. The van der Waals surface area contributed by atoms with E-state index in [9.17, 15) is 4.79 Å². The molecule has 1 N–H and O–H groups in total. The van der Waals surface area contributed by atoms with E-state index in [0.717, 1.165) is 6.54 Å². The number of benzene rings is 1. The molecule has 17 heavy (non-hydrogen) atoms. The van der Waals surface area contributed by atoms with Gasteiger partial charge in [-0.05, 0) is 32.6 Å². The second-order valence-corrected chi connectivity index (χ2v) is 3.90. The van der Waals surface area contributed by atoms with Crippen LogP contribution < -0.4 is 5.32 Å². The molecule has 1 unspecified atom stereocenters. The molecular formula is C13H17N3O. The van der Waals surface area contributed by atoms with Crippen LogP contribution in [0.3, 0.4) is 0 Å². The van der Waals surface area contributed by atoms with Crippen LogP contribution in [0.15, 0.2) is 24.3 Å². The molecule has 0 aromatic heterocycles. The predicted octanol–water partition coefficient (Wildman–Crippen LogP) is 1.84. The van der Waals surface area contributed by atoms with Gasteiger partial charge in [-0.2, -0.15) is 5.26 Å². The van der Waals surface area contributed by atoms with Crippen molar-refractivity contribution in [1.82, 2.24) is 4.90 Å². The van der Waals surface area contributed by atoms with Crippen LogP contribution in [0.25, 0.3) is 0 Å². The summed E-state index contributed by atoms with van der Waals surface area (Å²) in [7, 11) is 1.89. The van der Waals surface area contributed by atoms with Crippen LogP contribution in [0.1, 0.15) is 19.4 Å². The smallest absolute Gasteiger partial charge is 0.241 e. The first-order valence-corrected chi connectivity index (χ1v) is 5.60. The van der Waals surface area contributed by atoms with Gasteiger partial charge < -0.3 is 5.32 Å². The molecule has 0 spiro atoms. The fraction of sp³-hybridized carbons (Fsp3) is 0.385. The second kappa shape index (κ2) is 6.02. The minimum atomic E-state index is -0.216. The number of para-hydroxylation sites is 1. The molecule has 0 saturated carbocycles. The fourth-order valence-corrected chi connectivity index (χ4v) is 1.40. The lowest BCUT2D eigenvalue weighted by atomic mass is 10.2. The number of likely N-dealkylation sites (N-methyl/N-ethyl adjacent to an activating group) is 1. The van der Waals surface area contributed by atoms with Crippen LogP contribution in [-0.2, 0) is 4.79 Å². The fourth-order valence-electron chi connectivity index (χ4n) is 1.40. The van der Waals surface area contributed by atoms with E-state index in [4.69, 9.17) is 5.26 Å². The van der Waals surface area contributed by atoms with Crippen LogP contribution in [0.2, 0.25) is 0 Å². The first-order valence-electron chi connectivity index (χ1n) is 5.60. The van der Waals surface area contributed by atoms with Crippen molar-refractivity contribution < 1.29 is 4.79 Å². The molecule has 0 saturated heterocycles. The predicted molar refractivity (Wildman–Crippen MR) is 67.6 cm³/mol. The average Bonchev–Trinajstić information content (AvgIpc) is 2.37. The Labute approximate surface area is 102 Å². The number of nitrogens with one attached hydrogen (secondary N) is 1. The van der Waals surface area contributed by atoms with E-state index < -0.39 is 0 Å². The summed E-state index contributed by atoms with van der Waals surface area (Å²) in [4.78, 5) is 13.9. The quantitative estimate of drug-likeness (QED) is 0.860. The van der Waals surface area contributed by atoms with Gasteiger partial charge in [0.2, 0.25) is 5.91 Å². The highest BCUT2D eigenvalue weighted by Gasteiger charge is 2.17. The molecule has 0 heterocycles. The van der Waals surface area contributed by atoms with E-state index in [1.54, 1.807) is 24.3 Å². The molecule has 1 aromatic carbocycles. The van der Waals surface area contributed by atoms with Gasteiger partial charge in [-0.15, -0.1) is 0 Å². The number of amides is 1. The third-order valence-corrected chi connectivity index (χ3v) is 2.84. The van der Waals surface area contributed by atoms with Gasteiger partial charge in [-0.3, -0.25) is 9.69 Å². The van der Waals surface area contributed by atoms with Crippen molar-refractivity contribution in [3.8, 4) is 6.07 Å². The SMILES string of the molecule is CCN(C)C(C)C(=O)Nc1ccccc1C#N. The normalized spacial score (nSPS) is 11.9. The van der Waals surface area contributed by atoms with Crippen LogP contribution in [-0.4, -0.2) is 30.4 Å². The average molecular weight is 231 g/mol. The number of hydrogen-bond donors (Lipinski definition) is 1. The summed E-state index contributed by atoms with van der Waals surface area (Å²) in [5.41, 5.74) is 1.04. The van der Waals surface area contributed by atoms with Crippen LogP contribution in [0, 0.1) is 11.3 Å². The maximum Gasteiger partial charge on any atom is 0.241 e. The Hall–Kier alpha value is -1.86. The summed E-state index contributed by atoms with van der Waals surface area (Å²) < 4.78 is 0. The summed E-state index contributed by atoms with van der Waals surface area (Å²) in [6.45, 7) is 4.63. The molecule has 4 nitrogen and oxygen atoms in total. The molecular weight excluding hydrogens is 214 g/mol. The molecule has 0 aliphatic rings. The van der Waals surface area contributed by atoms with E-state index >= 15 is 0 Å². The standard InChI is InChI=1S/C13H17N3O/c1-4-16(3)10(2)13(17)15-12-8-6-5-7-11(12)9-14/h5-8,10H,4H2,1-3H3,(H,15,17). The molecule has 0 aliphatic heterocycles. The zero-order chi connectivity index (χ0) is 12.8. The van der Waals surface area contributed by atoms with Gasteiger partial charge in [0.1, 0.15) is 6.07 Å². The molecule has 1 amide bonds. The number of hydrogen-bond acceptors (Lipinski definition) is 3. The highest BCUT2D eigenvalue weighted by Crippen LogP contribution is 2.14. The van der Waals surface area contributed by atoms with Crippen LogP contribution in [0.4, 0.5) is 5.69 Å². The van der Waals surface area contributed by atoms with Crippen molar-refractivity contribution in [3.05, 3.63) is 29.8 Å². The molecule has 90 valence electrons. The Balaban J connectivity index is 2.78. The number of nitriles is 1. The Kier molecular flexibility index (Phi) is 4.68. The molecule has 1 aromatic rings. The first-order chi connectivity index (χ1) is 8.10. The van der Waals surface area contributed by atoms with Crippen molar-refractivity contribution in [2.24, 2.45) is 0 Å². The van der Waals surface area contributed by atoms with Gasteiger partial charge >= 0.3 is 0 Å². The number of rotatable bonds is 4. The Bertz CT molecular complexity index is 437. The van der Waals surface area contributed by atoms with E-state index in [0.29, 0.717) is 11.3 Å². The lowest BCUT2D eigenvalue weighted by molar-refractivity contribution is -0.120. The maximum atomic E-state index is 11.9. The number of nitrogens with zero attached hydrogens (tertiary/aromatic N) is 2. The number of carbonyl (C=O) groups excluding carboxylic acids is 1. The Morgan fingerprint density at radius 1 is 1.53 bits per heavy atom. The molecule has 0 aliphatic carbocycles. The lowest BCUT2D eigenvalue weighted by Crippen LogP contribution is -2.39. The van der Waals surface area contributed by atoms with Crippen LogP contribution in [0.5, 0.6) is 0 Å². The van der Waals surface area contributed by atoms with Gasteiger partial charge in [0.15, 0.2) is 0 Å². The highest BCUT2D eigenvalue weighted by atomic mass is 16.2. The van der Waals surface area contributed by atoms with Crippen molar-refractivity contribution >= 4 is 11.6 Å². The minimum Gasteiger partial charge on any atom is -0.324 e. The summed E-state index contributed by atoms with van der Waals surface area (Å²) >= 11 is 0. The van der Waals surface area contributed by atoms with Crippen molar-refractivity contribution in [3.63, 3.8) is 0 Å². The summed E-state index contributed by atoms with van der Waals surface area (Å²) in [5, 5.41) is 11.7. The molecule has 0 fully saturated rings. The van der Waals surface area contributed by atoms with Gasteiger partial charge in [0, 0.05) is 0 Å². The van der Waals surface area contributed by atoms with Crippen molar-refractivity contribution in [1.29, 1.82) is 5.26 Å². The molecule has 1 rings (SSSR count). The van der Waals surface area contributed by atoms with Crippen LogP contribution >= 0.6 is 0 Å². The zero-order valence-electron chi connectivity index (χ0n) is 10.4. The topological polar surface area (TPSA) is 56.1 Å². The minimum absolute atomic E-state index is 0.1000. The first kappa shape index (κ1) is 13.2. The molecule has 0 bridgehead atoms. The summed E-state index contributed by atoms with van der Waals surface area (Å²) in [6, 6.07) is 8.82. The van der Waals surface area contributed by atoms with Gasteiger partial charge in [0.05, 0.1) is 17.3 Å². The van der Waals surface area contributed by atoms with Gasteiger partial charge in [-0.1, -0.05) is 19.1 Å². The maximum absolute atomic E-state index is 11.9. The van der Waals surface area contributed by atoms with E-state index in [1.165, 1.54) is 0 Å². The lowest BCUT2D eigenvalue weighted by Gasteiger charge is -2.22. The number of carbonyl (C=O) groups is 1. The van der Waals surface area contributed by atoms with E-state index in [-0.39, 0.29) is 11.9 Å². The molecule has 4 heteroatoms. The Morgan fingerprint density at radius 2 is 2.18 bits per heavy atom. The van der Waals surface area contributed by atoms with E-state index in [2.05, 4.69) is 11.4 Å². The summed E-state index contributed by atoms with van der Waals surface area (Å²) in [5.74, 6) is -0.1000. The zero-order valence-corrected chi connectivity index (χ0v) is 10.4. The highest BCUT2D eigenvalue weighted by molar-refractivity contribution is 5.95. The third-order valence-electron chi connectivity index (χ3n) is 2.84. The summed E-state index contributed by atoms with van der Waals surface area (Å²) in [6.07, 6.45) is 0. The number of anilines is 1.